The van der Waals surface area contributed by atoms with Crippen LogP contribution >= 0.6 is 0 Å². The Hall–Kier alpha value is -3.82. The molecule has 182 valence electrons. The van der Waals surface area contributed by atoms with E-state index in [1.165, 1.54) is 30.9 Å². The summed E-state index contributed by atoms with van der Waals surface area (Å²) >= 11 is 0. The summed E-state index contributed by atoms with van der Waals surface area (Å²) < 4.78 is 5.37. The van der Waals surface area contributed by atoms with Crippen molar-refractivity contribution < 1.29 is 9.53 Å². The maximum Gasteiger partial charge on any atom is 0.317 e. The Kier molecular flexibility index (Phi) is 7.38. The van der Waals surface area contributed by atoms with Gasteiger partial charge in [0.2, 0.25) is 0 Å². The second-order valence-electron chi connectivity index (χ2n) is 9.01. The molecular weight excluding hydrogens is 442 g/mol. The van der Waals surface area contributed by atoms with Crippen LogP contribution in [0, 0.1) is 12.3 Å². The number of amides is 2. The van der Waals surface area contributed by atoms with E-state index >= 15 is 0 Å². The number of urea groups is 1. The highest BCUT2D eigenvalue weighted by Crippen LogP contribution is 2.41. The molecule has 9 heteroatoms. The minimum Gasteiger partial charge on any atom is -0.377 e. The third-order valence-corrected chi connectivity index (χ3v) is 6.46. The van der Waals surface area contributed by atoms with Crippen molar-refractivity contribution in [3.05, 3.63) is 77.7 Å². The molecule has 1 unspecified atom stereocenters. The number of aryl methyl sites for hydroxylation is 1. The highest BCUT2D eigenvalue weighted by atomic mass is 16.5. The normalized spacial score (nSPS) is 18.2. The van der Waals surface area contributed by atoms with Gasteiger partial charge in [-0.15, -0.1) is 0 Å². The van der Waals surface area contributed by atoms with Gasteiger partial charge in [0.05, 0.1) is 30.6 Å². The van der Waals surface area contributed by atoms with Gasteiger partial charge in [-0.2, -0.15) is 0 Å². The molecule has 2 amide bonds. The van der Waals surface area contributed by atoms with E-state index in [4.69, 9.17) is 15.9 Å². The maximum atomic E-state index is 10.8. The first-order valence-corrected chi connectivity index (χ1v) is 11.5. The number of carbonyl (C=O) groups excluding carboxylic acids is 1. The molecule has 1 atom stereocenters. The summed E-state index contributed by atoms with van der Waals surface area (Å²) in [5.41, 5.74) is 9.83. The summed E-state index contributed by atoms with van der Waals surface area (Å²) in [6.45, 7) is 4.91. The van der Waals surface area contributed by atoms with E-state index in [9.17, 15) is 4.79 Å². The van der Waals surface area contributed by atoms with Crippen molar-refractivity contribution in [1.82, 2.24) is 14.9 Å². The molecule has 4 heterocycles. The van der Waals surface area contributed by atoms with E-state index in [1.807, 2.05) is 19.1 Å². The number of nitrogens with two attached hydrogens (primary N) is 1. The summed E-state index contributed by atoms with van der Waals surface area (Å²) in [4.78, 5) is 21.4. The number of likely N-dealkylation sites (tertiary alicyclic amines) is 1. The van der Waals surface area contributed by atoms with Crippen LogP contribution in [0.1, 0.15) is 29.2 Å². The van der Waals surface area contributed by atoms with Crippen molar-refractivity contribution in [2.24, 2.45) is 5.73 Å². The lowest BCUT2D eigenvalue weighted by molar-refractivity contribution is -0.115. The molecule has 0 saturated carbocycles. The highest BCUT2D eigenvalue weighted by molar-refractivity contribution is 5.91. The fourth-order valence-corrected chi connectivity index (χ4v) is 4.50. The number of rotatable bonds is 5. The zero-order chi connectivity index (χ0) is 24.8. The van der Waals surface area contributed by atoms with E-state index < -0.39 is 6.03 Å². The van der Waals surface area contributed by atoms with Crippen molar-refractivity contribution in [3.63, 3.8) is 0 Å². The first kappa shape index (κ1) is 24.3. The predicted octanol–water partition coefficient (Wildman–Crippen LogP) is 3.89. The number of likely N-dealkylation sites (N-methyl/N-ethyl adjacent to an activating group) is 1. The van der Waals surface area contributed by atoms with Gasteiger partial charge >= 0.3 is 6.03 Å². The predicted molar refractivity (Wildman–Crippen MR) is 138 cm³/mol. The van der Waals surface area contributed by atoms with Crippen LogP contribution in [-0.4, -0.2) is 59.5 Å². The molecule has 0 radical (unpaired) electrons. The lowest BCUT2D eigenvalue weighted by atomic mass is 9.87. The molecule has 5 rings (SSSR count). The molecule has 35 heavy (non-hydrogen) atoms. The third-order valence-electron chi connectivity index (χ3n) is 6.46. The van der Waals surface area contributed by atoms with Crippen LogP contribution in [0.25, 0.3) is 0 Å². The number of primary amides is 1. The van der Waals surface area contributed by atoms with E-state index in [2.05, 4.69) is 62.9 Å². The van der Waals surface area contributed by atoms with Gasteiger partial charge in [0.1, 0.15) is 5.82 Å². The minimum absolute atomic E-state index is 0.299. The number of nitrogens with one attached hydrogen (secondary N) is 3. The standard InChI is InChI=1S/C13H14N6O.C13H17NO/c1-8-4-10(2-3-16-8)18-11-7-17-12(19-13(15)20)5-9(11)6-14;1-14-8-12(7-13(14)9-15-10-13)11-5-3-2-4-6-11/h2-7,14H,1H3,(H,16,18)(H3,15,17,19,20);2-6,12H,7-10H2,1H3. The van der Waals surface area contributed by atoms with Crippen molar-refractivity contribution in [2.45, 2.75) is 24.8 Å². The number of hydrogen-bond acceptors (Lipinski definition) is 7. The molecule has 0 bridgehead atoms. The molecule has 2 aromatic heterocycles. The number of nitrogens with zero attached hydrogens (tertiary/aromatic N) is 3. The zero-order valence-corrected chi connectivity index (χ0v) is 20.0. The maximum absolute atomic E-state index is 10.8. The number of ether oxygens (including phenoxy) is 1. The Labute approximate surface area is 205 Å². The quantitative estimate of drug-likeness (QED) is 0.416. The summed E-state index contributed by atoms with van der Waals surface area (Å²) in [6, 6.07) is 15.4. The van der Waals surface area contributed by atoms with Gasteiger partial charge in [-0.1, -0.05) is 30.3 Å². The zero-order valence-electron chi connectivity index (χ0n) is 20.0. The smallest absolute Gasteiger partial charge is 0.317 e. The number of anilines is 3. The van der Waals surface area contributed by atoms with Gasteiger partial charge in [-0.3, -0.25) is 15.2 Å². The Morgan fingerprint density at radius 2 is 2.00 bits per heavy atom. The molecule has 2 aliphatic heterocycles. The van der Waals surface area contributed by atoms with E-state index in [-0.39, 0.29) is 0 Å². The Morgan fingerprint density at radius 3 is 2.60 bits per heavy atom. The van der Waals surface area contributed by atoms with Crippen LogP contribution in [-0.2, 0) is 4.74 Å². The lowest BCUT2D eigenvalue weighted by Crippen LogP contribution is -2.57. The van der Waals surface area contributed by atoms with Crippen molar-refractivity contribution >= 4 is 29.4 Å². The summed E-state index contributed by atoms with van der Waals surface area (Å²) in [6.07, 6.45) is 5.65. The Bertz CT molecular complexity index is 1180. The molecule has 9 nitrogen and oxygen atoms in total. The molecule has 2 fully saturated rings. The van der Waals surface area contributed by atoms with Gasteiger partial charge in [0.25, 0.3) is 0 Å². The second-order valence-corrected chi connectivity index (χ2v) is 9.01. The monoisotopic (exact) mass is 473 g/mol. The van der Waals surface area contributed by atoms with Crippen LogP contribution in [0.2, 0.25) is 0 Å². The van der Waals surface area contributed by atoms with Crippen LogP contribution in [0.15, 0.2) is 60.9 Å². The van der Waals surface area contributed by atoms with Crippen molar-refractivity contribution in [2.75, 3.05) is 37.4 Å². The van der Waals surface area contributed by atoms with E-state index in [0.717, 1.165) is 24.6 Å². The molecule has 1 aromatic carbocycles. The third kappa shape index (κ3) is 5.82. The highest BCUT2D eigenvalue weighted by Gasteiger charge is 2.49. The number of carbonyl (C=O) groups is 1. The lowest BCUT2D eigenvalue weighted by Gasteiger charge is -2.43. The first-order valence-electron chi connectivity index (χ1n) is 11.5. The Balaban J connectivity index is 0.000000171. The summed E-state index contributed by atoms with van der Waals surface area (Å²) in [7, 11) is 2.23. The van der Waals surface area contributed by atoms with E-state index in [1.54, 1.807) is 12.3 Å². The molecule has 2 aliphatic rings. The number of benzene rings is 1. The van der Waals surface area contributed by atoms with E-state index in [0.29, 0.717) is 28.5 Å². The second kappa shape index (κ2) is 10.6. The molecule has 2 saturated heterocycles. The average molecular weight is 474 g/mol. The SMILES string of the molecule is CN1CC(c2ccccc2)CC12COC2.Cc1cc(Nc2cnc(NC(N)=O)cc2C=N)ccn1. The largest absolute Gasteiger partial charge is 0.377 e. The number of pyridine rings is 2. The van der Waals surface area contributed by atoms with Gasteiger partial charge in [0, 0.05) is 35.9 Å². The minimum atomic E-state index is -0.695. The van der Waals surface area contributed by atoms with Gasteiger partial charge in [-0.05, 0) is 50.1 Å². The molecule has 0 aliphatic carbocycles. The van der Waals surface area contributed by atoms with Gasteiger partial charge in [-0.25, -0.2) is 9.78 Å². The number of hydrogen-bond donors (Lipinski definition) is 4. The fourth-order valence-electron chi connectivity index (χ4n) is 4.50. The van der Waals surface area contributed by atoms with Crippen molar-refractivity contribution in [3.8, 4) is 0 Å². The van der Waals surface area contributed by atoms with Crippen molar-refractivity contribution in [1.29, 1.82) is 5.41 Å². The number of aromatic nitrogens is 2. The van der Waals surface area contributed by atoms with Crippen LogP contribution in [0.3, 0.4) is 0 Å². The summed E-state index contributed by atoms with van der Waals surface area (Å²) in [5, 5.41) is 12.9. The fraction of sp³-hybridized carbons (Fsp3) is 0.308. The van der Waals surface area contributed by atoms with Crippen LogP contribution in [0.4, 0.5) is 22.0 Å². The molecule has 1 spiro atoms. The topological polar surface area (TPSA) is 129 Å². The molecule has 5 N–H and O–H groups in total. The average Bonchev–Trinajstić information content (AvgIpc) is 3.19. The van der Waals surface area contributed by atoms with Gasteiger partial charge in [0.15, 0.2) is 0 Å². The molecule has 3 aromatic rings. The Morgan fingerprint density at radius 1 is 1.23 bits per heavy atom. The van der Waals surface area contributed by atoms with Crippen LogP contribution < -0.4 is 16.4 Å². The summed E-state index contributed by atoms with van der Waals surface area (Å²) in [5.74, 6) is 0.993. The van der Waals surface area contributed by atoms with Gasteiger partial charge < -0.3 is 21.2 Å². The first-order chi connectivity index (χ1) is 16.9. The molecular formula is C26H31N7O2. The van der Waals surface area contributed by atoms with Crippen LogP contribution in [0.5, 0.6) is 0 Å².